The van der Waals surface area contributed by atoms with Gasteiger partial charge < -0.3 is 45.1 Å². The summed E-state index contributed by atoms with van der Waals surface area (Å²) in [5, 5.41) is 57.2. The van der Waals surface area contributed by atoms with Gasteiger partial charge in [0.2, 0.25) is 5.91 Å². The second-order valence-electron chi connectivity index (χ2n) is 23.2. The van der Waals surface area contributed by atoms with E-state index in [1.807, 2.05) is 6.08 Å². The molecule has 0 aromatic heterocycles. The van der Waals surface area contributed by atoms with Crippen LogP contribution in [-0.2, 0) is 23.8 Å². The Hall–Kier alpha value is -3.68. The van der Waals surface area contributed by atoms with Gasteiger partial charge in [0.05, 0.1) is 25.4 Å². The molecule has 8 atom stereocenters. The van der Waals surface area contributed by atoms with Gasteiger partial charge >= 0.3 is 5.97 Å². The van der Waals surface area contributed by atoms with Gasteiger partial charge in [-0.2, -0.15) is 0 Å². The number of unbranched alkanes of at least 4 members (excludes halogenated alkanes) is 27. The lowest BCUT2D eigenvalue weighted by Gasteiger charge is -2.41. The van der Waals surface area contributed by atoms with E-state index in [9.17, 15) is 35.1 Å². The zero-order valence-electron chi connectivity index (χ0n) is 53.5. The number of hydrogen-bond acceptors (Lipinski definition) is 10. The lowest BCUT2D eigenvalue weighted by Crippen LogP contribution is -2.61. The Morgan fingerprint density at radius 2 is 0.857 bits per heavy atom. The Morgan fingerprint density at radius 3 is 1.31 bits per heavy atom. The summed E-state index contributed by atoms with van der Waals surface area (Å²) in [6.07, 6.45) is 71.1. The number of aliphatic hydroxyl groups excluding tert-OH is 5. The van der Waals surface area contributed by atoms with E-state index in [0.717, 1.165) is 122 Å². The van der Waals surface area contributed by atoms with Crippen molar-refractivity contribution in [3.8, 4) is 0 Å². The molecule has 1 rings (SSSR count). The van der Waals surface area contributed by atoms with Crippen molar-refractivity contribution in [2.75, 3.05) is 13.2 Å². The molecule has 11 heteroatoms. The molecule has 482 valence electrons. The van der Waals surface area contributed by atoms with Crippen molar-refractivity contribution >= 4 is 11.9 Å². The topological polar surface area (TPSA) is 175 Å². The predicted molar refractivity (Wildman–Crippen MR) is 351 cm³/mol. The van der Waals surface area contributed by atoms with E-state index in [0.29, 0.717) is 12.8 Å². The summed E-state index contributed by atoms with van der Waals surface area (Å²) in [6.45, 7) is 5.65. The molecule has 0 spiro atoms. The van der Waals surface area contributed by atoms with Crippen molar-refractivity contribution in [3.05, 3.63) is 109 Å². The molecule has 1 fully saturated rings. The third kappa shape index (κ3) is 46.5. The molecular formula is C73H125NO10. The average molecular weight is 1180 g/mol. The monoisotopic (exact) mass is 1180 g/mol. The van der Waals surface area contributed by atoms with Crippen molar-refractivity contribution in [2.45, 2.75) is 327 Å². The molecule has 1 saturated heterocycles. The fourth-order valence-electron chi connectivity index (χ4n) is 10.0. The highest BCUT2D eigenvalue weighted by atomic mass is 16.7. The van der Waals surface area contributed by atoms with Crippen LogP contribution in [0, 0.1) is 0 Å². The van der Waals surface area contributed by atoms with E-state index >= 15 is 0 Å². The fourth-order valence-corrected chi connectivity index (χ4v) is 10.0. The summed E-state index contributed by atoms with van der Waals surface area (Å²) in [5.41, 5.74) is 0. The summed E-state index contributed by atoms with van der Waals surface area (Å²) in [4.78, 5) is 26.6. The SMILES string of the molecule is CC/C=C\C/C=C\C/C=C\C/C=C\C/C=C\CCCCCCCC(=O)OC1C(OCC(NC(=O)C(O)CCCCCCCCCCC/C=C\C/C=C\C/C=C\CCCCC)C(O)/C=C/CCCCCCCCCCCC)OC(CO)C(O)C1O. The largest absolute Gasteiger partial charge is 0.454 e. The number of allylic oxidation sites excluding steroid dienone is 17. The number of amides is 1. The Bertz CT molecular complexity index is 1780. The van der Waals surface area contributed by atoms with Crippen LogP contribution in [0.5, 0.6) is 0 Å². The minimum atomic E-state index is -1.63. The Balaban J connectivity index is 2.63. The van der Waals surface area contributed by atoms with Gasteiger partial charge in [-0.1, -0.05) is 271 Å². The molecule has 1 heterocycles. The molecule has 1 amide bonds. The van der Waals surface area contributed by atoms with Crippen molar-refractivity contribution in [3.63, 3.8) is 0 Å². The summed E-state index contributed by atoms with van der Waals surface area (Å²) < 4.78 is 17.7. The third-order valence-corrected chi connectivity index (χ3v) is 15.4. The summed E-state index contributed by atoms with van der Waals surface area (Å²) in [6, 6.07) is -1.04. The predicted octanol–water partition coefficient (Wildman–Crippen LogP) is 17.2. The maximum atomic E-state index is 13.5. The van der Waals surface area contributed by atoms with Gasteiger partial charge in [0.1, 0.15) is 24.4 Å². The number of hydrogen-bond donors (Lipinski definition) is 6. The Labute approximate surface area is 513 Å². The zero-order valence-corrected chi connectivity index (χ0v) is 53.5. The first-order valence-corrected chi connectivity index (χ1v) is 34.2. The highest BCUT2D eigenvalue weighted by molar-refractivity contribution is 5.80. The van der Waals surface area contributed by atoms with Gasteiger partial charge in [-0.15, -0.1) is 0 Å². The van der Waals surface area contributed by atoms with Crippen molar-refractivity contribution in [1.29, 1.82) is 0 Å². The lowest BCUT2D eigenvalue weighted by molar-refractivity contribution is -0.305. The molecule has 0 aromatic rings. The second-order valence-corrected chi connectivity index (χ2v) is 23.2. The fraction of sp³-hybridized carbons (Fsp3) is 0.726. The normalized spacial score (nSPS) is 19.2. The molecule has 0 aromatic carbocycles. The summed E-state index contributed by atoms with van der Waals surface area (Å²) >= 11 is 0. The van der Waals surface area contributed by atoms with Gasteiger partial charge in [-0.3, -0.25) is 9.59 Å². The molecule has 0 bridgehead atoms. The Kier molecular flexibility index (Phi) is 55.6. The molecule has 8 unspecified atom stereocenters. The maximum absolute atomic E-state index is 13.5. The number of aliphatic hydroxyl groups is 5. The van der Waals surface area contributed by atoms with Crippen LogP contribution in [0.15, 0.2) is 109 Å². The van der Waals surface area contributed by atoms with E-state index in [1.165, 1.54) is 109 Å². The number of ether oxygens (including phenoxy) is 3. The quantitative estimate of drug-likeness (QED) is 0.0195. The van der Waals surface area contributed by atoms with Gasteiger partial charge in [0.15, 0.2) is 12.4 Å². The zero-order chi connectivity index (χ0) is 61.0. The molecule has 1 aliphatic rings. The highest BCUT2D eigenvalue weighted by Gasteiger charge is 2.47. The number of rotatable bonds is 57. The van der Waals surface area contributed by atoms with Crippen molar-refractivity contribution < 1.29 is 49.3 Å². The van der Waals surface area contributed by atoms with Crippen LogP contribution in [0.1, 0.15) is 278 Å². The van der Waals surface area contributed by atoms with Gasteiger partial charge in [-0.05, 0) is 109 Å². The minimum Gasteiger partial charge on any atom is -0.454 e. The second kappa shape index (κ2) is 59.6. The van der Waals surface area contributed by atoms with Gasteiger partial charge in [0.25, 0.3) is 0 Å². The van der Waals surface area contributed by atoms with Gasteiger partial charge in [-0.25, -0.2) is 0 Å². The van der Waals surface area contributed by atoms with Crippen LogP contribution in [0.2, 0.25) is 0 Å². The molecule has 0 saturated carbocycles. The molecule has 0 radical (unpaired) electrons. The summed E-state index contributed by atoms with van der Waals surface area (Å²) in [7, 11) is 0. The maximum Gasteiger partial charge on any atom is 0.306 e. The number of carbonyl (C=O) groups is 2. The lowest BCUT2D eigenvalue weighted by atomic mass is 9.99. The number of nitrogens with one attached hydrogen (secondary N) is 1. The molecule has 84 heavy (non-hydrogen) atoms. The van der Waals surface area contributed by atoms with Gasteiger partial charge in [0, 0.05) is 6.42 Å². The first kappa shape index (κ1) is 78.3. The minimum absolute atomic E-state index is 0.0958. The average Bonchev–Trinajstić information content (AvgIpc) is 3.69. The van der Waals surface area contributed by atoms with Crippen LogP contribution >= 0.6 is 0 Å². The van der Waals surface area contributed by atoms with E-state index in [-0.39, 0.29) is 19.4 Å². The summed E-state index contributed by atoms with van der Waals surface area (Å²) in [5.74, 6) is -1.22. The standard InChI is InChI=1S/C73H125NO10/c1-4-7-10-13-16-19-22-25-27-29-31-33-35-36-38-40-42-45-48-51-54-57-60-66(77)72(81)74-64(65(76)59-56-53-50-47-44-24-21-18-15-12-9-6-3)63-82-73-71(70(80)69(79)67(62-75)83-73)84-68(78)61-58-55-52-49-46-43-41-39-37-34-32-30-28-26-23-20-17-14-11-8-5-2/h8,11,16-17,19-20,25-28,31-34,39,41,56,59,64-67,69-71,73,75-77,79-80H,4-7,9-10,12-15,18,21-24,29-30,35-38,40,42-55,57-58,60-63H2,1-3H3,(H,74,81)/b11-8-,19-16-,20-17-,27-25-,28-26-,33-31-,34-32-,41-39-,59-56+. The molecule has 11 nitrogen and oxygen atoms in total. The third-order valence-electron chi connectivity index (χ3n) is 15.4. The van der Waals surface area contributed by atoms with Crippen LogP contribution in [-0.4, -0.2) is 99.6 Å². The highest BCUT2D eigenvalue weighted by Crippen LogP contribution is 2.26. The smallest absolute Gasteiger partial charge is 0.306 e. The first-order chi connectivity index (χ1) is 41.2. The number of esters is 1. The molecule has 1 aliphatic heterocycles. The first-order valence-electron chi connectivity index (χ1n) is 34.2. The van der Waals surface area contributed by atoms with E-state index in [4.69, 9.17) is 14.2 Å². The van der Waals surface area contributed by atoms with Crippen LogP contribution in [0.4, 0.5) is 0 Å². The van der Waals surface area contributed by atoms with Crippen LogP contribution < -0.4 is 5.32 Å². The number of carbonyl (C=O) groups excluding carboxylic acids is 2. The van der Waals surface area contributed by atoms with E-state index < -0.39 is 67.4 Å². The molecule has 0 aliphatic carbocycles. The molecular weight excluding hydrogens is 1050 g/mol. The van der Waals surface area contributed by atoms with Crippen molar-refractivity contribution in [2.24, 2.45) is 0 Å². The Morgan fingerprint density at radius 1 is 0.476 bits per heavy atom. The molecule has 6 N–H and O–H groups in total. The van der Waals surface area contributed by atoms with Crippen LogP contribution in [0.25, 0.3) is 0 Å². The van der Waals surface area contributed by atoms with E-state index in [1.54, 1.807) is 6.08 Å². The van der Waals surface area contributed by atoms with Crippen LogP contribution in [0.3, 0.4) is 0 Å². The van der Waals surface area contributed by atoms with Crippen molar-refractivity contribution in [1.82, 2.24) is 5.32 Å². The van der Waals surface area contributed by atoms with E-state index in [2.05, 4.69) is 123 Å².